The minimum absolute atomic E-state index is 0.0790. The summed E-state index contributed by atoms with van der Waals surface area (Å²) in [4.78, 5) is 18.9. The number of halogens is 2. The molecule has 1 aliphatic carbocycles. The molecule has 2 N–H and O–H groups in total. The second-order valence-electron chi connectivity index (χ2n) is 4.55. The summed E-state index contributed by atoms with van der Waals surface area (Å²) < 4.78 is 12.2. The quantitative estimate of drug-likeness (QED) is 0.598. The molecule has 0 amide bonds. The van der Waals surface area contributed by atoms with E-state index in [-0.39, 0.29) is 11.5 Å². The molecule has 0 aliphatic heterocycles. The number of H-pyrrole nitrogens is 1. The molecule has 0 saturated heterocycles. The fourth-order valence-corrected chi connectivity index (χ4v) is 2.44. The van der Waals surface area contributed by atoms with Gasteiger partial charge in [0.05, 0.1) is 0 Å². The molecule has 98 valence electrons. The second kappa shape index (κ2) is 4.11. The summed E-state index contributed by atoms with van der Waals surface area (Å²) in [6.07, 6.45) is -1.22. The number of carbonyl (C=O) groups excluding carboxylic acids is 1. The molecule has 0 radical (unpaired) electrons. The lowest BCUT2D eigenvalue weighted by molar-refractivity contribution is 0.0738. The number of ketones is 1. The van der Waals surface area contributed by atoms with E-state index in [4.69, 9.17) is 0 Å². The number of hydrogen-bond acceptors (Lipinski definition) is 3. The van der Waals surface area contributed by atoms with Crippen LogP contribution in [0.25, 0.3) is 11.3 Å². The molecule has 2 atom stereocenters. The molecule has 19 heavy (non-hydrogen) atoms. The average molecular weight is 372 g/mol. The van der Waals surface area contributed by atoms with Gasteiger partial charge in [-0.15, -0.1) is 0 Å². The van der Waals surface area contributed by atoms with Gasteiger partial charge in [-0.2, -0.15) is 0 Å². The van der Waals surface area contributed by atoms with E-state index in [1.807, 2.05) is 0 Å². The summed E-state index contributed by atoms with van der Waals surface area (Å²) in [5.41, 5.74) is 1.74. The van der Waals surface area contributed by atoms with Crippen LogP contribution in [0.2, 0.25) is 0 Å². The van der Waals surface area contributed by atoms with Crippen molar-refractivity contribution in [1.82, 2.24) is 9.97 Å². The minimum atomic E-state index is -1.70. The van der Waals surface area contributed by atoms with Gasteiger partial charge < -0.3 is 10.1 Å². The van der Waals surface area contributed by atoms with Crippen molar-refractivity contribution in [2.45, 2.75) is 16.7 Å². The van der Waals surface area contributed by atoms with Gasteiger partial charge in [0.1, 0.15) is 17.5 Å². The van der Waals surface area contributed by atoms with Crippen molar-refractivity contribution in [3.8, 4) is 11.3 Å². The monoisotopic (exact) mass is 372 g/mol. The zero-order chi connectivity index (χ0) is 13.8. The lowest BCUT2D eigenvalue weighted by Crippen LogP contribution is -2.19. The van der Waals surface area contributed by atoms with Crippen molar-refractivity contribution in [2.24, 2.45) is 0 Å². The van der Waals surface area contributed by atoms with Crippen molar-refractivity contribution in [3.63, 3.8) is 0 Å². The first kappa shape index (κ1) is 12.7. The first-order chi connectivity index (χ1) is 8.89. The summed E-state index contributed by atoms with van der Waals surface area (Å²) in [5, 5.41) is 10.00. The number of nitrogens with zero attached hydrogens (tertiary/aromatic N) is 1. The van der Waals surface area contributed by atoms with E-state index in [1.165, 1.54) is 6.92 Å². The summed E-state index contributed by atoms with van der Waals surface area (Å²) in [6, 6.07) is 6.97. The number of aromatic nitrogens is 2. The summed E-state index contributed by atoms with van der Waals surface area (Å²) >= 11 is 1.60. The molecular formula is C13H10FIN2O2. The number of benzene rings is 1. The smallest absolute Gasteiger partial charge is 0.215 e. The van der Waals surface area contributed by atoms with Crippen molar-refractivity contribution in [2.75, 3.05) is 0 Å². The van der Waals surface area contributed by atoms with E-state index >= 15 is 0 Å². The Morgan fingerprint density at radius 2 is 2.16 bits per heavy atom. The molecule has 2 aromatic rings. The molecule has 0 saturated carbocycles. The number of aliphatic hydroxyl groups is 1. The highest BCUT2D eigenvalue weighted by Crippen LogP contribution is 2.40. The van der Waals surface area contributed by atoms with Gasteiger partial charge in [-0.25, -0.2) is 9.37 Å². The summed E-state index contributed by atoms with van der Waals surface area (Å²) in [7, 11) is 0. The third-order valence-electron chi connectivity index (χ3n) is 3.12. The molecule has 2 unspecified atom stereocenters. The van der Waals surface area contributed by atoms with E-state index < -0.39 is 15.6 Å². The van der Waals surface area contributed by atoms with E-state index in [2.05, 4.69) is 9.97 Å². The largest absolute Gasteiger partial charge is 0.380 e. The molecule has 0 spiro atoms. The molecule has 4 nitrogen and oxygen atoms in total. The van der Waals surface area contributed by atoms with E-state index in [9.17, 15) is 14.3 Å². The summed E-state index contributed by atoms with van der Waals surface area (Å²) in [5.74, 6) is -0.400. The minimum Gasteiger partial charge on any atom is -0.380 e. The van der Waals surface area contributed by atoms with E-state index in [1.54, 1.807) is 46.9 Å². The standard InChI is InChI=1S/C13H10FIN2O2/c1-13(14,15)12-16-8-6-4-2-3-5-7(6)10(18)11(19)9(8)17-12/h2-5,10,18H,1H3,(H,16,17). The van der Waals surface area contributed by atoms with Crippen LogP contribution in [0.1, 0.15) is 34.9 Å². The van der Waals surface area contributed by atoms with Gasteiger partial charge >= 0.3 is 0 Å². The van der Waals surface area contributed by atoms with Gasteiger partial charge in [-0.05, 0) is 35.1 Å². The number of imidazole rings is 1. The fraction of sp³-hybridized carbons (Fsp3) is 0.231. The Labute approximate surface area is 122 Å². The van der Waals surface area contributed by atoms with Crippen LogP contribution in [0.4, 0.5) is 4.39 Å². The molecule has 1 aliphatic rings. The van der Waals surface area contributed by atoms with Gasteiger partial charge in [-0.1, -0.05) is 24.3 Å². The van der Waals surface area contributed by atoms with Crippen LogP contribution in [0.5, 0.6) is 0 Å². The Hall–Kier alpha value is -1.28. The van der Waals surface area contributed by atoms with Crippen LogP contribution in [0.3, 0.4) is 0 Å². The van der Waals surface area contributed by atoms with E-state index in [0.29, 0.717) is 16.8 Å². The Bertz CT molecular complexity index is 676. The van der Waals surface area contributed by atoms with Gasteiger partial charge in [0.15, 0.2) is 5.82 Å². The van der Waals surface area contributed by atoms with Gasteiger partial charge in [0.2, 0.25) is 9.46 Å². The molecule has 1 aromatic carbocycles. The number of aromatic amines is 1. The topological polar surface area (TPSA) is 66.0 Å². The summed E-state index contributed by atoms with van der Waals surface area (Å²) in [6.45, 7) is 1.35. The van der Waals surface area contributed by atoms with Crippen LogP contribution < -0.4 is 0 Å². The number of Topliss-reactive ketones (excluding diaryl/α,β-unsaturated/α-hetero) is 1. The van der Waals surface area contributed by atoms with Gasteiger partial charge in [0, 0.05) is 5.56 Å². The third-order valence-corrected chi connectivity index (χ3v) is 3.64. The zero-order valence-electron chi connectivity index (χ0n) is 9.95. The normalized spacial score (nSPS) is 20.6. The highest BCUT2D eigenvalue weighted by atomic mass is 127. The predicted octanol–water partition coefficient (Wildman–Crippen LogP) is 2.88. The molecule has 1 heterocycles. The number of nitrogens with one attached hydrogen (secondary N) is 1. The Morgan fingerprint density at radius 1 is 1.47 bits per heavy atom. The van der Waals surface area contributed by atoms with Crippen molar-refractivity contribution < 1.29 is 14.3 Å². The number of rotatable bonds is 1. The fourth-order valence-electron chi connectivity index (χ4n) is 2.18. The number of fused-ring (bicyclic) bond motifs is 3. The molecule has 0 fully saturated rings. The molecule has 0 bridgehead atoms. The molecule has 3 rings (SSSR count). The maximum Gasteiger partial charge on any atom is 0.215 e. The Morgan fingerprint density at radius 3 is 2.84 bits per heavy atom. The highest BCUT2D eigenvalue weighted by Gasteiger charge is 2.36. The lowest BCUT2D eigenvalue weighted by atomic mass is 9.89. The number of alkyl halides is 2. The average Bonchev–Trinajstić information content (AvgIpc) is 2.81. The van der Waals surface area contributed by atoms with Crippen molar-refractivity contribution >= 4 is 28.4 Å². The third kappa shape index (κ3) is 1.90. The van der Waals surface area contributed by atoms with Crippen LogP contribution in [-0.4, -0.2) is 20.9 Å². The van der Waals surface area contributed by atoms with Crippen LogP contribution >= 0.6 is 22.6 Å². The maximum absolute atomic E-state index is 13.9. The molecular weight excluding hydrogens is 362 g/mol. The number of aliphatic hydroxyl groups excluding tert-OH is 1. The number of carbonyl (C=O) groups is 1. The highest BCUT2D eigenvalue weighted by molar-refractivity contribution is 14.1. The second-order valence-corrected chi connectivity index (χ2v) is 6.58. The SMILES string of the molecule is CC(F)(I)c1nc2c([nH]1)C(=O)C(O)c1ccccc1-2. The zero-order valence-corrected chi connectivity index (χ0v) is 12.1. The Balaban J connectivity index is 2.27. The Kier molecular flexibility index (Phi) is 2.75. The molecule has 1 aromatic heterocycles. The van der Waals surface area contributed by atoms with Crippen LogP contribution in [0, 0.1) is 0 Å². The molecule has 6 heteroatoms. The van der Waals surface area contributed by atoms with E-state index in [0.717, 1.165) is 0 Å². The first-order valence-corrected chi connectivity index (χ1v) is 6.77. The van der Waals surface area contributed by atoms with Gasteiger partial charge in [0.25, 0.3) is 0 Å². The van der Waals surface area contributed by atoms with Gasteiger partial charge in [-0.3, -0.25) is 4.79 Å². The maximum atomic E-state index is 13.9. The van der Waals surface area contributed by atoms with Crippen LogP contribution in [-0.2, 0) is 3.68 Å². The van der Waals surface area contributed by atoms with Crippen molar-refractivity contribution in [1.29, 1.82) is 0 Å². The van der Waals surface area contributed by atoms with Crippen molar-refractivity contribution in [3.05, 3.63) is 41.3 Å². The lowest BCUT2D eigenvalue weighted by Gasteiger charge is -2.18. The number of hydrogen-bond donors (Lipinski definition) is 2. The predicted molar refractivity (Wildman–Crippen MR) is 75.8 cm³/mol. The first-order valence-electron chi connectivity index (χ1n) is 5.69. The van der Waals surface area contributed by atoms with Crippen LogP contribution in [0.15, 0.2) is 24.3 Å².